The fraction of sp³-hybridized carbons (Fsp3) is 0.474. The first-order valence-electron chi connectivity index (χ1n) is 8.55. The second-order valence-electron chi connectivity index (χ2n) is 6.77. The zero-order chi connectivity index (χ0) is 17.1. The van der Waals surface area contributed by atoms with Crippen molar-refractivity contribution in [1.29, 1.82) is 0 Å². The number of nitrogens with one attached hydrogen (secondary N) is 1. The summed E-state index contributed by atoms with van der Waals surface area (Å²) in [5, 5.41) is 3.06. The molecule has 1 aliphatic rings. The van der Waals surface area contributed by atoms with E-state index in [1.54, 1.807) is 7.11 Å². The summed E-state index contributed by atoms with van der Waals surface area (Å²) in [4.78, 5) is 16.9. The van der Waals surface area contributed by atoms with Crippen LogP contribution in [-0.2, 0) is 17.8 Å². The third kappa shape index (κ3) is 3.45. The van der Waals surface area contributed by atoms with Gasteiger partial charge < -0.3 is 14.6 Å². The molecule has 0 saturated heterocycles. The highest BCUT2D eigenvalue weighted by atomic mass is 16.5. The highest BCUT2D eigenvalue weighted by Gasteiger charge is 2.27. The number of nitrogens with zero attached hydrogens (tertiary/aromatic N) is 2. The Morgan fingerprint density at radius 2 is 2.12 bits per heavy atom. The van der Waals surface area contributed by atoms with Crippen LogP contribution in [0.2, 0.25) is 0 Å². The molecule has 0 bridgehead atoms. The van der Waals surface area contributed by atoms with Crippen molar-refractivity contribution in [2.45, 2.75) is 33.2 Å². The summed E-state index contributed by atoms with van der Waals surface area (Å²) < 4.78 is 7.40. The van der Waals surface area contributed by atoms with E-state index in [0.29, 0.717) is 12.5 Å². The van der Waals surface area contributed by atoms with Gasteiger partial charge in [-0.15, -0.1) is 0 Å². The lowest BCUT2D eigenvalue weighted by Crippen LogP contribution is -2.37. The molecule has 1 unspecified atom stereocenters. The molecule has 1 N–H and O–H groups in total. The molecule has 0 aliphatic carbocycles. The first-order chi connectivity index (χ1) is 11.6. The van der Waals surface area contributed by atoms with Gasteiger partial charge in [0, 0.05) is 25.1 Å². The normalized spacial score (nSPS) is 16.8. The van der Waals surface area contributed by atoms with Crippen LogP contribution in [0.4, 0.5) is 0 Å². The van der Waals surface area contributed by atoms with E-state index in [-0.39, 0.29) is 11.8 Å². The molecular formula is C19H25N3O2. The Kier molecular flexibility index (Phi) is 4.88. The smallest absolute Gasteiger partial charge is 0.224 e. The number of hydrogen-bond acceptors (Lipinski definition) is 3. The van der Waals surface area contributed by atoms with E-state index < -0.39 is 0 Å². The predicted octanol–water partition coefficient (Wildman–Crippen LogP) is 2.89. The maximum Gasteiger partial charge on any atom is 0.224 e. The van der Waals surface area contributed by atoms with Crippen molar-refractivity contribution in [3.63, 3.8) is 0 Å². The number of carbonyl (C=O) groups is 1. The van der Waals surface area contributed by atoms with E-state index in [4.69, 9.17) is 4.74 Å². The lowest BCUT2D eigenvalue weighted by Gasteiger charge is -2.25. The van der Waals surface area contributed by atoms with Crippen LogP contribution in [0.15, 0.2) is 30.5 Å². The van der Waals surface area contributed by atoms with E-state index in [0.717, 1.165) is 42.2 Å². The average Bonchev–Trinajstić information content (AvgIpc) is 3.02. The van der Waals surface area contributed by atoms with Gasteiger partial charge in [0.1, 0.15) is 11.6 Å². The second kappa shape index (κ2) is 7.07. The summed E-state index contributed by atoms with van der Waals surface area (Å²) in [7, 11) is 1.66. The van der Waals surface area contributed by atoms with Crippen LogP contribution in [0, 0.1) is 11.8 Å². The maximum atomic E-state index is 12.4. The molecule has 1 aliphatic heterocycles. The van der Waals surface area contributed by atoms with E-state index in [9.17, 15) is 4.79 Å². The van der Waals surface area contributed by atoms with Gasteiger partial charge in [-0.25, -0.2) is 4.98 Å². The number of benzene rings is 1. The maximum absolute atomic E-state index is 12.4. The molecule has 0 saturated carbocycles. The third-order valence-electron chi connectivity index (χ3n) is 4.50. The van der Waals surface area contributed by atoms with Gasteiger partial charge in [0.05, 0.1) is 24.9 Å². The quantitative estimate of drug-likeness (QED) is 0.919. The number of imidazole rings is 1. The fourth-order valence-electron chi connectivity index (χ4n) is 3.09. The Morgan fingerprint density at radius 3 is 2.79 bits per heavy atom. The number of rotatable bonds is 5. The van der Waals surface area contributed by atoms with Gasteiger partial charge in [0.25, 0.3) is 0 Å². The minimum atomic E-state index is 0.0162. The van der Waals surface area contributed by atoms with E-state index in [2.05, 4.69) is 28.7 Å². The summed E-state index contributed by atoms with van der Waals surface area (Å²) in [6.45, 7) is 5.64. The Hall–Kier alpha value is -2.30. The van der Waals surface area contributed by atoms with Gasteiger partial charge in [-0.05, 0) is 36.6 Å². The summed E-state index contributed by atoms with van der Waals surface area (Å²) in [6.07, 6.45) is 3.62. The van der Waals surface area contributed by atoms with Crippen LogP contribution < -0.4 is 10.1 Å². The summed E-state index contributed by atoms with van der Waals surface area (Å²) >= 11 is 0. The average molecular weight is 327 g/mol. The van der Waals surface area contributed by atoms with Crippen molar-refractivity contribution in [2.75, 3.05) is 13.7 Å². The molecule has 24 heavy (non-hydrogen) atoms. The van der Waals surface area contributed by atoms with Gasteiger partial charge in [-0.2, -0.15) is 0 Å². The Morgan fingerprint density at radius 1 is 1.38 bits per heavy atom. The zero-order valence-corrected chi connectivity index (χ0v) is 14.6. The number of aromatic nitrogens is 2. The molecule has 1 aromatic heterocycles. The summed E-state index contributed by atoms with van der Waals surface area (Å²) in [5.41, 5.74) is 2.16. The van der Waals surface area contributed by atoms with Crippen LogP contribution in [-0.4, -0.2) is 29.1 Å². The number of hydrogen-bond donors (Lipinski definition) is 1. The molecule has 0 radical (unpaired) electrons. The minimum Gasteiger partial charge on any atom is -0.497 e. The highest BCUT2D eigenvalue weighted by Crippen LogP contribution is 2.28. The van der Waals surface area contributed by atoms with E-state index in [1.807, 2.05) is 30.5 Å². The first-order valence-corrected chi connectivity index (χ1v) is 8.55. The lowest BCUT2D eigenvalue weighted by molar-refractivity contribution is -0.126. The van der Waals surface area contributed by atoms with Crippen LogP contribution >= 0.6 is 0 Å². The van der Waals surface area contributed by atoms with Crippen molar-refractivity contribution in [2.24, 2.45) is 11.8 Å². The number of carbonyl (C=O) groups excluding carboxylic acids is 1. The topological polar surface area (TPSA) is 56.2 Å². The van der Waals surface area contributed by atoms with Crippen molar-refractivity contribution in [3.8, 4) is 17.0 Å². The molecular weight excluding hydrogens is 302 g/mol. The third-order valence-corrected chi connectivity index (χ3v) is 4.50. The van der Waals surface area contributed by atoms with E-state index in [1.165, 1.54) is 0 Å². The number of ether oxygens (including phenoxy) is 1. The Bertz CT molecular complexity index is 704. The van der Waals surface area contributed by atoms with Crippen molar-refractivity contribution in [1.82, 2.24) is 14.9 Å². The van der Waals surface area contributed by atoms with Gasteiger partial charge in [-0.1, -0.05) is 13.8 Å². The molecule has 5 heteroatoms. The summed E-state index contributed by atoms with van der Waals surface area (Å²) in [6, 6.07) is 7.97. The molecule has 1 amide bonds. The monoisotopic (exact) mass is 327 g/mol. The Labute approximate surface area is 143 Å². The summed E-state index contributed by atoms with van der Waals surface area (Å²) in [5.74, 6) is 2.54. The number of fused-ring (bicyclic) bond motifs is 1. The molecule has 2 aromatic rings. The fourth-order valence-corrected chi connectivity index (χ4v) is 3.09. The van der Waals surface area contributed by atoms with Gasteiger partial charge in [0.2, 0.25) is 5.91 Å². The standard InChI is InChI=1S/C19H25N3O2/c1-13(2)10-21-19(23)15-6-9-18-20-11-17(22(18)12-15)14-4-7-16(24-3)8-5-14/h4-5,7-8,11,13,15H,6,9-10,12H2,1-3H3,(H,21,23). The van der Waals surface area contributed by atoms with Gasteiger partial charge in [0.15, 0.2) is 0 Å². The SMILES string of the molecule is COc1ccc(-c2cnc3n2CC(C(=O)NCC(C)C)CC3)cc1. The van der Waals surface area contributed by atoms with Crippen LogP contribution in [0.5, 0.6) is 5.75 Å². The second-order valence-corrected chi connectivity index (χ2v) is 6.77. The molecule has 128 valence electrons. The molecule has 1 atom stereocenters. The molecule has 5 nitrogen and oxygen atoms in total. The van der Waals surface area contributed by atoms with Crippen LogP contribution in [0.1, 0.15) is 26.1 Å². The van der Waals surface area contributed by atoms with Crippen LogP contribution in [0.25, 0.3) is 11.3 Å². The predicted molar refractivity (Wildman–Crippen MR) is 93.9 cm³/mol. The number of methoxy groups -OCH3 is 1. The molecule has 3 rings (SSSR count). The van der Waals surface area contributed by atoms with E-state index >= 15 is 0 Å². The van der Waals surface area contributed by atoms with Crippen molar-refractivity contribution in [3.05, 3.63) is 36.3 Å². The molecule has 0 fully saturated rings. The van der Waals surface area contributed by atoms with Crippen LogP contribution in [0.3, 0.4) is 0 Å². The first kappa shape index (κ1) is 16.6. The lowest BCUT2D eigenvalue weighted by atomic mass is 9.97. The van der Waals surface area contributed by atoms with Crippen molar-refractivity contribution >= 4 is 5.91 Å². The largest absolute Gasteiger partial charge is 0.497 e. The zero-order valence-electron chi connectivity index (χ0n) is 14.6. The molecule has 0 spiro atoms. The highest BCUT2D eigenvalue weighted by molar-refractivity contribution is 5.79. The van der Waals surface area contributed by atoms with Gasteiger partial charge in [-0.3, -0.25) is 4.79 Å². The van der Waals surface area contributed by atoms with Gasteiger partial charge >= 0.3 is 0 Å². The van der Waals surface area contributed by atoms with Crippen molar-refractivity contribution < 1.29 is 9.53 Å². The number of aryl methyl sites for hydroxylation is 1. The number of amides is 1. The Balaban J connectivity index is 1.78. The molecule has 2 heterocycles. The minimum absolute atomic E-state index is 0.0162. The molecule has 1 aromatic carbocycles.